The normalized spacial score (nSPS) is 18.9. The molecular formula is C15H21NO2. The van der Waals surface area contributed by atoms with Crippen LogP contribution in [0.2, 0.25) is 0 Å². The summed E-state index contributed by atoms with van der Waals surface area (Å²) in [5.74, 6) is 1.06. The van der Waals surface area contributed by atoms with Gasteiger partial charge in [-0.3, -0.25) is 4.79 Å². The molecule has 1 unspecified atom stereocenters. The quantitative estimate of drug-likeness (QED) is 0.800. The maximum absolute atomic E-state index is 12.1. The lowest BCUT2D eigenvalue weighted by molar-refractivity contribution is -0.132. The molecule has 98 valence electrons. The van der Waals surface area contributed by atoms with E-state index >= 15 is 0 Å². The lowest BCUT2D eigenvalue weighted by atomic mass is 10.1. The molecule has 1 atom stereocenters. The number of hydrogen-bond donors (Lipinski definition) is 0. The Bertz CT molecular complexity index is 377. The standard InChI is InChI=1S/C15H21NO2/c1-2-13-7-6-11-16(13)15(17)10-12-18-14-8-4-3-5-9-14/h3-5,8-9,13H,2,6-7,10-12H2,1H3. The first-order chi connectivity index (χ1) is 8.81. The van der Waals surface area contributed by atoms with Crippen molar-refractivity contribution in [1.82, 2.24) is 4.90 Å². The number of likely N-dealkylation sites (tertiary alicyclic amines) is 1. The topological polar surface area (TPSA) is 29.5 Å². The number of benzene rings is 1. The summed E-state index contributed by atoms with van der Waals surface area (Å²) in [6.45, 7) is 3.54. The van der Waals surface area contributed by atoms with Gasteiger partial charge in [0.05, 0.1) is 13.0 Å². The van der Waals surface area contributed by atoms with Crippen molar-refractivity contribution >= 4 is 5.91 Å². The van der Waals surface area contributed by atoms with Gasteiger partial charge in [-0.05, 0) is 31.4 Å². The van der Waals surface area contributed by atoms with Gasteiger partial charge in [-0.1, -0.05) is 25.1 Å². The highest BCUT2D eigenvalue weighted by atomic mass is 16.5. The van der Waals surface area contributed by atoms with Gasteiger partial charge in [-0.15, -0.1) is 0 Å². The number of carbonyl (C=O) groups is 1. The summed E-state index contributed by atoms with van der Waals surface area (Å²) >= 11 is 0. The van der Waals surface area contributed by atoms with Crippen molar-refractivity contribution in [1.29, 1.82) is 0 Å². The van der Waals surface area contributed by atoms with Gasteiger partial charge in [0.1, 0.15) is 5.75 Å². The van der Waals surface area contributed by atoms with Crippen LogP contribution in [0.1, 0.15) is 32.6 Å². The lowest BCUT2D eigenvalue weighted by Crippen LogP contribution is -2.35. The fourth-order valence-corrected chi connectivity index (χ4v) is 2.51. The van der Waals surface area contributed by atoms with Gasteiger partial charge < -0.3 is 9.64 Å². The minimum Gasteiger partial charge on any atom is -0.493 e. The van der Waals surface area contributed by atoms with E-state index in [-0.39, 0.29) is 5.91 Å². The Morgan fingerprint density at radius 3 is 2.89 bits per heavy atom. The Morgan fingerprint density at radius 1 is 1.39 bits per heavy atom. The van der Waals surface area contributed by atoms with Crippen LogP contribution in [-0.4, -0.2) is 30.0 Å². The van der Waals surface area contributed by atoms with E-state index in [2.05, 4.69) is 6.92 Å². The second-order valence-electron chi connectivity index (χ2n) is 4.70. The molecule has 1 saturated heterocycles. The maximum Gasteiger partial charge on any atom is 0.226 e. The molecule has 0 radical (unpaired) electrons. The Balaban J connectivity index is 1.75. The molecule has 3 nitrogen and oxygen atoms in total. The highest BCUT2D eigenvalue weighted by Gasteiger charge is 2.26. The molecule has 1 aliphatic rings. The molecule has 18 heavy (non-hydrogen) atoms. The van der Waals surface area contributed by atoms with Crippen LogP contribution in [0.3, 0.4) is 0 Å². The second-order valence-corrected chi connectivity index (χ2v) is 4.70. The first kappa shape index (κ1) is 12.9. The molecule has 0 N–H and O–H groups in total. The van der Waals surface area contributed by atoms with Crippen molar-refractivity contribution in [3.8, 4) is 5.75 Å². The number of rotatable bonds is 5. The highest BCUT2D eigenvalue weighted by molar-refractivity contribution is 5.76. The molecule has 1 amide bonds. The number of nitrogens with zero attached hydrogens (tertiary/aromatic N) is 1. The molecule has 1 heterocycles. The van der Waals surface area contributed by atoms with E-state index in [0.717, 1.165) is 31.6 Å². The molecule has 1 aliphatic heterocycles. The van der Waals surface area contributed by atoms with Crippen molar-refractivity contribution in [3.05, 3.63) is 30.3 Å². The maximum atomic E-state index is 12.1. The Morgan fingerprint density at radius 2 is 2.17 bits per heavy atom. The fourth-order valence-electron chi connectivity index (χ4n) is 2.51. The molecule has 0 aliphatic carbocycles. The van der Waals surface area contributed by atoms with Crippen LogP contribution in [0.15, 0.2) is 30.3 Å². The average Bonchev–Trinajstić information content (AvgIpc) is 2.88. The molecule has 1 aromatic carbocycles. The minimum atomic E-state index is 0.232. The van der Waals surface area contributed by atoms with Crippen LogP contribution in [0.4, 0.5) is 0 Å². The van der Waals surface area contributed by atoms with Crippen molar-refractivity contribution in [2.24, 2.45) is 0 Å². The van der Waals surface area contributed by atoms with Crippen molar-refractivity contribution in [3.63, 3.8) is 0 Å². The molecular weight excluding hydrogens is 226 g/mol. The van der Waals surface area contributed by atoms with Crippen LogP contribution in [0, 0.1) is 0 Å². The van der Waals surface area contributed by atoms with Crippen LogP contribution >= 0.6 is 0 Å². The van der Waals surface area contributed by atoms with Crippen molar-refractivity contribution in [2.75, 3.05) is 13.2 Å². The average molecular weight is 247 g/mol. The first-order valence-electron chi connectivity index (χ1n) is 6.78. The van der Waals surface area contributed by atoms with Crippen molar-refractivity contribution in [2.45, 2.75) is 38.6 Å². The number of hydrogen-bond acceptors (Lipinski definition) is 2. The SMILES string of the molecule is CCC1CCCN1C(=O)CCOc1ccccc1. The van der Waals surface area contributed by atoms with Crippen LogP contribution in [0.5, 0.6) is 5.75 Å². The summed E-state index contributed by atoms with van der Waals surface area (Å²) in [4.78, 5) is 14.1. The molecule has 2 rings (SSSR count). The molecule has 1 aromatic rings. The fraction of sp³-hybridized carbons (Fsp3) is 0.533. The van der Waals surface area contributed by atoms with Gasteiger partial charge in [0.2, 0.25) is 5.91 Å². The van der Waals surface area contributed by atoms with E-state index in [1.807, 2.05) is 35.2 Å². The monoisotopic (exact) mass is 247 g/mol. The molecule has 0 bridgehead atoms. The largest absolute Gasteiger partial charge is 0.493 e. The van der Waals surface area contributed by atoms with Crippen molar-refractivity contribution < 1.29 is 9.53 Å². The zero-order valence-corrected chi connectivity index (χ0v) is 11.0. The van der Waals surface area contributed by atoms with Gasteiger partial charge in [-0.25, -0.2) is 0 Å². The first-order valence-corrected chi connectivity index (χ1v) is 6.78. The Hall–Kier alpha value is -1.51. The summed E-state index contributed by atoms with van der Waals surface area (Å²) in [7, 11) is 0. The highest BCUT2D eigenvalue weighted by Crippen LogP contribution is 2.20. The van der Waals surface area contributed by atoms with E-state index < -0.39 is 0 Å². The third-order valence-corrected chi connectivity index (χ3v) is 3.50. The van der Waals surface area contributed by atoms with E-state index in [0.29, 0.717) is 19.1 Å². The third-order valence-electron chi connectivity index (χ3n) is 3.50. The molecule has 3 heteroatoms. The van der Waals surface area contributed by atoms with E-state index in [1.54, 1.807) is 0 Å². The molecule has 0 spiro atoms. The van der Waals surface area contributed by atoms with E-state index in [9.17, 15) is 4.79 Å². The minimum absolute atomic E-state index is 0.232. The number of ether oxygens (including phenoxy) is 1. The zero-order valence-electron chi connectivity index (χ0n) is 11.0. The van der Waals surface area contributed by atoms with E-state index in [1.165, 1.54) is 0 Å². The summed E-state index contributed by atoms with van der Waals surface area (Å²) in [6, 6.07) is 10.1. The van der Waals surface area contributed by atoms with Gasteiger partial charge in [0, 0.05) is 12.6 Å². The number of carbonyl (C=O) groups excluding carboxylic acids is 1. The number of para-hydroxylation sites is 1. The van der Waals surface area contributed by atoms with E-state index in [4.69, 9.17) is 4.74 Å². The summed E-state index contributed by atoms with van der Waals surface area (Å²) in [5, 5.41) is 0. The van der Waals surface area contributed by atoms with Gasteiger partial charge >= 0.3 is 0 Å². The Kier molecular flexibility index (Phi) is 4.62. The smallest absolute Gasteiger partial charge is 0.226 e. The van der Waals surface area contributed by atoms with Crippen LogP contribution in [-0.2, 0) is 4.79 Å². The third kappa shape index (κ3) is 3.25. The molecule has 0 saturated carbocycles. The van der Waals surface area contributed by atoms with Gasteiger partial charge in [0.25, 0.3) is 0 Å². The van der Waals surface area contributed by atoms with Crippen LogP contribution < -0.4 is 4.74 Å². The van der Waals surface area contributed by atoms with Gasteiger partial charge in [-0.2, -0.15) is 0 Å². The zero-order chi connectivity index (χ0) is 12.8. The summed E-state index contributed by atoms with van der Waals surface area (Å²) in [5.41, 5.74) is 0. The molecule has 0 aromatic heterocycles. The summed E-state index contributed by atoms with van der Waals surface area (Å²) < 4.78 is 5.56. The predicted molar refractivity (Wildman–Crippen MR) is 71.6 cm³/mol. The second kappa shape index (κ2) is 6.43. The predicted octanol–water partition coefficient (Wildman–Crippen LogP) is 2.86. The number of amides is 1. The Labute approximate surface area is 109 Å². The molecule has 1 fully saturated rings. The summed E-state index contributed by atoms with van der Waals surface area (Å²) in [6.07, 6.45) is 3.84. The van der Waals surface area contributed by atoms with Gasteiger partial charge in [0.15, 0.2) is 0 Å². The lowest BCUT2D eigenvalue weighted by Gasteiger charge is -2.23. The van der Waals surface area contributed by atoms with Crippen LogP contribution in [0.25, 0.3) is 0 Å².